The van der Waals surface area contributed by atoms with E-state index >= 15 is 0 Å². The van der Waals surface area contributed by atoms with Crippen molar-refractivity contribution in [2.75, 3.05) is 11.1 Å². The number of carbonyl (C=O) groups is 1. The normalized spacial score (nSPS) is 13.0. The van der Waals surface area contributed by atoms with Crippen molar-refractivity contribution < 1.29 is 9.18 Å². The van der Waals surface area contributed by atoms with Gasteiger partial charge >= 0.3 is 0 Å². The first-order valence-electron chi connectivity index (χ1n) is 9.26. The Bertz CT molecular complexity index is 1150. The zero-order valence-electron chi connectivity index (χ0n) is 15.8. The highest BCUT2D eigenvalue weighted by Gasteiger charge is 2.17. The van der Waals surface area contributed by atoms with Crippen LogP contribution in [0.4, 0.5) is 21.5 Å². The molecule has 150 valence electrons. The lowest BCUT2D eigenvalue weighted by atomic mass is 10.1. The molecule has 0 spiro atoms. The van der Waals surface area contributed by atoms with Gasteiger partial charge in [0.25, 0.3) is 0 Å². The lowest BCUT2D eigenvalue weighted by molar-refractivity contribution is -0.113. The second-order valence-electron chi connectivity index (χ2n) is 6.55. The minimum atomic E-state index is -0.298. The van der Waals surface area contributed by atoms with Gasteiger partial charge in [-0.3, -0.25) is 9.79 Å². The monoisotopic (exact) mass is 437 g/mol. The van der Waals surface area contributed by atoms with Crippen molar-refractivity contribution in [1.82, 2.24) is 0 Å². The van der Waals surface area contributed by atoms with Crippen LogP contribution >= 0.6 is 23.4 Å². The third-order valence-electron chi connectivity index (χ3n) is 4.40. The highest BCUT2D eigenvalue weighted by atomic mass is 35.5. The smallest absolute Gasteiger partial charge is 0.234 e. The van der Waals surface area contributed by atoms with Crippen LogP contribution in [0, 0.1) is 5.82 Å². The number of para-hydroxylation sites is 3. The molecule has 0 unspecified atom stereocenters. The topological polar surface area (TPSA) is 53.8 Å². The maximum atomic E-state index is 13.3. The fourth-order valence-electron chi connectivity index (χ4n) is 2.95. The van der Waals surface area contributed by atoms with Crippen molar-refractivity contribution in [2.45, 2.75) is 6.42 Å². The Hall–Kier alpha value is -2.96. The molecule has 0 atom stereocenters. The summed E-state index contributed by atoms with van der Waals surface area (Å²) in [6.07, 6.45) is 0.449. The molecule has 3 aromatic carbocycles. The third kappa shape index (κ3) is 4.96. The molecule has 0 aliphatic carbocycles. The van der Waals surface area contributed by atoms with Gasteiger partial charge in [0.15, 0.2) is 0 Å². The van der Waals surface area contributed by atoms with Crippen LogP contribution in [0.15, 0.2) is 82.8 Å². The lowest BCUT2D eigenvalue weighted by Crippen LogP contribution is -2.16. The number of benzene rings is 3. The van der Waals surface area contributed by atoms with Crippen molar-refractivity contribution >= 4 is 57.1 Å². The maximum Gasteiger partial charge on any atom is 0.234 e. The van der Waals surface area contributed by atoms with Crippen molar-refractivity contribution in [3.05, 3.63) is 89.2 Å². The summed E-state index contributed by atoms with van der Waals surface area (Å²) in [5.74, 6) is -0.287. The summed E-state index contributed by atoms with van der Waals surface area (Å²) in [6, 6.07) is 20.9. The third-order valence-corrected chi connectivity index (χ3v) is 5.70. The molecule has 1 aliphatic heterocycles. The fourth-order valence-corrected chi connectivity index (χ4v) is 3.90. The van der Waals surface area contributed by atoms with E-state index in [0.717, 1.165) is 27.7 Å². The van der Waals surface area contributed by atoms with Gasteiger partial charge in [-0.15, -0.1) is 11.8 Å². The summed E-state index contributed by atoms with van der Waals surface area (Å²) >= 11 is 7.45. The number of hydrogen-bond donors (Lipinski definition) is 1. The number of carbonyl (C=O) groups excluding carboxylic acids is 1. The number of halogens is 2. The molecule has 4 rings (SSSR count). The van der Waals surface area contributed by atoms with Gasteiger partial charge < -0.3 is 5.32 Å². The van der Waals surface area contributed by atoms with Crippen LogP contribution in [0.3, 0.4) is 0 Å². The second-order valence-corrected chi connectivity index (χ2v) is 8.01. The van der Waals surface area contributed by atoms with Crippen LogP contribution in [-0.2, 0) is 4.79 Å². The molecule has 1 heterocycles. The summed E-state index contributed by atoms with van der Waals surface area (Å²) in [4.78, 5) is 21.9. The zero-order valence-corrected chi connectivity index (χ0v) is 17.4. The van der Waals surface area contributed by atoms with Crippen molar-refractivity contribution in [3.8, 4) is 0 Å². The van der Waals surface area contributed by atoms with Crippen LogP contribution in [0.25, 0.3) is 0 Å². The van der Waals surface area contributed by atoms with E-state index in [1.54, 1.807) is 30.3 Å². The molecule has 30 heavy (non-hydrogen) atoms. The zero-order chi connectivity index (χ0) is 20.9. The van der Waals surface area contributed by atoms with Gasteiger partial charge in [0.2, 0.25) is 5.91 Å². The SMILES string of the molecule is O=C(CSC1=Nc2ccccc2N=C(c2ccc(F)cc2)C1)Nc1ccccc1Cl. The highest BCUT2D eigenvalue weighted by Crippen LogP contribution is 2.33. The molecule has 0 aromatic heterocycles. The summed E-state index contributed by atoms with van der Waals surface area (Å²) in [6.45, 7) is 0. The van der Waals surface area contributed by atoms with Crippen LogP contribution in [0.5, 0.6) is 0 Å². The van der Waals surface area contributed by atoms with Gasteiger partial charge in [0, 0.05) is 6.42 Å². The average molecular weight is 438 g/mol. The minimum absolute atomic E-state index is 0.173. The number of nitrogens with one attached hydrogen (secondary N) is 1. The van der Waals surface area contributed by atoms with Gasteiger partial charge in [0.1, 0.15) is 5.82 Å². The molecule has 0 saturated heterocycles. The summed E-state index contributed by atoms with van der Waals surface area (Å²) in [5, 5.41) is 4.06. The first-order valence-corrected chi connectivity index (χ1v) is 10.6. The van der Waals surface area contributed by atoms with Gasteiger partial charge in [-0.25, -0.2) is 9.38 Å². The predicted octanol–water partition coefficient (Wildman–Crippen LogP) is 6.41. The molecule has 0 saturated carbocycles. The van der Waals surface area contributed by atoms with Crippen molar-refractivity contribution in [2.24, 2.45) is 9.98 Å². The summed E-state index contributed by atoms with van der Waals surface area (Å²) in [7, 11) is 0. The van der Waals surface area contributed by atoms with Gasteiger partial charge in [-0.05, 0) is 42.0 Å². The second kappa shape index (κ2) is 9.24. The Morgan fingerprint density at radius 1 is 0.967 bits per heavy atom. The van der Waals surface area contributed by atoms with Crippen LogP contribution < -0.4 is 5.32 Å². The fraction of sp³-hybridized carbons (Fsp3) is 0.0870. The number of fused-ring (bicyclic) bond motifs is 1. The molecule has 4 nitrogen and oxygen atoms in total. The van der Waals surface area contributed by atoms with Gasteiger partial charge in [0.05, 0.1) is 38.6 Å². The summed E-state index contributed by atoms with van der Waals surface area (Å²) < 4.78 is 13.3. The molecular formula is C23H17ClFN3OS. The highest BCUT2D eigenvalue weighted by molar-refractivity contribution is 8.14. The molecule has 7 heteroatoms. The van der Waals surface area contributed by atoms with E-state index in [1.165, 1.54) is 23.9 Å². The molecule has 0 bridgehead atoms. The molecule has 1 aliphatic rings. The van der Waals surface area contributed by atoms with Crippen molar-refractivity contribution in [1.29, 1.82) is 0 Å². The number of rotatable bonds is 4. The number of thioether (sulfide) groups is 1. The molecule has 0 radical (unpaired) electrons. The molecule has 1 N–H and O–H groups in total. The predicted molar refractivity (Wildman–Crippen MR) is 123 cm³/mol. The van der Waals surface area contributed by atoms with Crippen LogP contribution in [0.1, 0.15) is 12.0 Å². The van der Waals surface area contributed by atoms with E-state index in [9.17, 15) is 9.18 Å². The van der Waals surface area contributed by atoms with E-state index in [-0.39, 0.29) is 17.5 Å². The number of amides is 1. The van der Waals surface area contributed by atoms with E-state index in [1.807, 2.05) is 30.3 Å². The Balaban J connectivity index is 1.53. The molecule has 1 amide bonds. The Kier molecular flexibility index (Phi) is 6.26. The van der Waals surface area contributed by atoms with E-state index in [0.29, 0.717) is 17.1 Å². The van der Waals surface area contributed by atoms with Crippen LogP contribution in [-0.4, -0.2) is 22.4 Å². The largest absolute Gasteiger partial charge is 0.324 e. The Morgan fingerprint density at radius 3 is 2.37 bits per heavy atom. The first kappa shape index (κ1) is 20.3. The minimum Gasteiger partial charge on any atom is -0.324 e. The maximum absolute atomic E-state index is 13.3. The summed E-state index contributed by atoms with van der Waals surface area (Å²) in [5.41, 5.74) is 3.66. The number of aliphatic imine (C=N–C) groups is 2. The average Bonchev–Trinajstić information content (AvgIpc) is 2.94. The van der Waals surface area contributed by atoms with E-state index in [4.69, 9.17) is 21.6 Å². The van der Waals surface area contributed by atoms with E-state index in [2.05, 4.69) is 5.32 Å². The number of anilines is 1. The standard InChI is InChI=1S/C23H17ClFN3OS/c24-17-5-1-2-6-18(17)27-22(29)14-30-23-13-21(15-9-11-16(25)12-10-15)26-19-7-3-4-8-20(19)28-23/h1-12H,13-14H2,(H,27,29). The first-order chi connectivity index (χ1) is 14.6. The Labute approximate surface area is 182 Å². The lowest BCUT2D eigenvalue weighted by Gasteiger charge is -2.09. The Morgan fingerprint density at radius 2 is 1.63 bits per heavy atom. The van der Waals surface area contributed by atoms with Crippen molar-refractivity contribution in [3.63, 3.8) is 0 Å². The van der Waals surface area contributed by atoms with Gasteiger partial charge in [-0.2, -0.15) is 0 Å². The molecular weight excluding hydrogens is 421 g/mol. The molecule has 3 aromatic rings. The number of nitrogens with zero attached hydrogens (tertiary/aromatic N) is 2. The van der Waals surface area contributed by atoms with E-state index < -0.39 is 0 Å². The van der Waals surface area contributed by atoms with Gasteiger partial charge in [-0.1, -0.05) is 48.0 Å². The number of hydrogen-bond acceptors (Lipinski definition) is 4. The quantitative estimate of drug-likeness (QED) is 0.513. The molecule has 0 fully saturated rings. The van der Waals surface area contributed by atoms with Crippen LogP contribution in [0.2, 0.25) is 5.02 Å².